The molecule has 0 aliphatic carbocycles. The normalized spacial score (nSPS) is 23.3. The van der Waals surface area contributed by atoms with Crippen molar-refractivity contribution in [2.24, 2.45) is 0 Å². The molecule has 1 atom stereocenters. The second kappa shape index (κ2) is 4.10. The summed E-state index contributed by atoms with van der Waals surface area (Å²) in [5.41, 5.74) is 0. The Morgan fingerprint density at radius 1 is 1.83 bits per heavy atom. The summed E-state index contributed by atoms with van der Waals surface area (Å²) in [6, 6.07) is -0.276. The summed E-state index contributed by atoms with van der Waals surface area (Å²) in [5.74, 6) is 1.64. The topological polar surface area (TPSA) is 49.8 Å². The third-order valence-electron chi connectivity index (χ3n) is 1.82. The van der Waals surface area contributed by atoms with Crippen LogP contribution in [0, 0.1) is 12.3 Å². The molecule has 0 aromatic heterocycles. The highest BCUT2D eigenvalue weighted by Crippen LogP contribution is 2.05. The lowest BCUT2D eigenvalue weighted by molar-refractivity contribution is -0.135. The lowest BCUT2D eigenvalue weighted by atomic mass is 10.2. The van der Waals surface area contributed by atoms with Gasteiger partial charge in [-0.25, -0.2) is 0 Å². The molecule has 4 nitrogen and oxygen atoms in total. The molecule has 1 amide bonds. The summed E-state index contributed by atoms with van der Waals surface area (Å²) < 4.78 is 5.08. The van der Waals surface area contributed by atoms with Crippen LogP contribution in [-0.4, -0.2) is 48.3 Å². The molecule has 1 unspecified atom stereocenters. The second-order valence-corrected chi connectivity index (χ2v) is 2.55. The number of hydrogen-bond acceptors (Lipinski definition) is 3. The van der Waals surface area contributed by atoms with Crippen LogP contribution >= 0.6 is 0 Å². The molecule has 1 N–H and O–H groups in total. The maximum atomic E-state index is 11.1. The largest absolute Gasteiger partial charge is 0.394 e. The van der Waals surface area contributed by atoms with Gasteiger partial charge in [0.15, 0.2) is 0 Å². The van der Waals surface area contributed by atoms with Crippen LogP contribution in [0.1, 0.15) is 0 Å². The third kappa shape index (κ3) is 1.76. The maximum absolute atomic E-state index is 11.1. The number of aliphatic hydroxyl groups excluding tert-OH is 1. The smallest absolute Gasteiger partial charge is 0.298 e. The number of hydrogen-bond donors (Lipinski definition) is 1. The summed E-state index contributed by atoms with van der Waals surface area (Å²) in [5, 5.41) is 8.86. The van der Waals surface area contributed by atoms with Crippen molar-refractivity contribution in [3.63, 3.8) is 0 Å². The van der Waals surface area contributed by atoms with Crippen molar-refractivity contribution in [3.05, 3.63) is 0 Å². The third-order valence-corrected chi connectivity index (χ3v) is 1.82. The van der Waals surface area contributed by atoms with Gasteiger partial charge >= 0.3 is 0 Å². The second-order valence-electron chi connectivity index (χ2n) is 2.55. The van der Waals surface area contributed by atoms with E-state index in [1.165, 1.54) is 4.90 Å². The number of rotatable bonds is 1. The fourth-order valence-corrected chi connectivity index (χ4v) is 1.16. The minimum atomic E-state index is -0.377. The van der Waals surface area contributed by atoms with Crippen LogP contribution in [0.15, 0.2) is 0 Å². The Hall–Kier alpha value is -1.05. The van der Waals surface area contributed by atoms with Crippen LogP contribution in [0.4, 0.5) is 0 Å². The van der Waals surface area contributed by atoms with Gasteiger partial charge in [0.05, 0.1) is 25.9 Å². The summed E-state index contributed by atoms with van der Waals surface area (Å²) in [7, 11) is 0. The van der Waals surface area contributed by atoms with Crippen molar-refractivity contribution in [1.29, 1.82) is 0 Å². The van der Waals surface area contributed by atoms with E-state index in [-0.39, 0.29) is 18.6 Å². The summed E-state index contributed by atoms with van der Waals surface area (Å²) >= 11 is 0. The molecule has 1 aliphatic rings. The average molecular weight is 169 g/mol. The first-order chi connectivity index (χ1) is 5.79. The molecule has 1 aliphatic heterocycles. The van der Waals surface area contributed by atoms with E-state index in [1.807, 2.05) is 5.92 Å². The Morgan fingerprint density at radius 3 is 3.17 bits per heavy atom. The van der Waals surface area contributed by atoms with Crippen LogP contribution < -0.4 is 0 Å². The van der Waals surface area contributed by atoms with E-state index in [4.69, 9.17) is 16.3 Å². The highest BCUT2D eigenvalue weighted by atomic mass is 16.5. The Balaban J connectivity index is 2.60. The number of aliphatic hydroxyl groups is 1. The zero-order chi connectivity index (χ0) is 8.97. The molecule has 1 rings (SSSR count). The fourth-order valence-electron chi connectivity index (χ4n) is 1.16. The van der Waals surface area contributed by atoms with Crippen LogP contribution in [0.3, 0.4) is 0 Å². The minimum absolute atomic E-state index is 0.104. The number of carbonyl (C=O) groups excluding carboxylic acids is 1. The lowest BCUT2D eigenvalue weighted by Crippen LogP contribution is -2.50. The van der Waals surface area contributed by atoms with Gasteiger partial charge in [0.1, 0.15) is 0 Å². The Kier molecular flexibility index (Phi) is 3.09. The number of ether oxygens (including phenoxy) is 1. The van der Waals surface area contributed by atoms with Gasteiger partial charge in [0, 0.05) is 6.54 Å². The molecule has 12 heavy (non-hydrogen) atoms. The van der Waals surface area contributed by atoms with Crippen LogP contribution in [-0.2, 0) is 9.53 Å². The Bertz CT molecular complexity index is 209. The van der Waals surface area contributed by atoms with E-state index in [0.29, 0.717) is 19.8 Å². The maximum Gasteiger partial charge on any atom is 0.298 e. The monoisotopic (exact) mass is 169 g/mol. The lowest BCUT2D eigenvalue weighted by Gasteiger charge is -2.32. The molecular weight excluding hydrogens is 158 g/mol. The molecule has 66 valence electrons. The van der Waals surface area contributed by atoms with Gasteiger partial charge < -0.3 is 14.7 Å². The standard InChI is InChI=1S/C8H11NO3/c1-2-8(11)9-3-4-12-6-7(9)5-10/h1,7,10H,3-6H2. The molecule has 0 aromatic carbocycles. The predicted octanol–water partition coefficient (Wildman–Crippen LogP) is -1.16. The van der Waals surface area contributed by atoms with E-state index in [1.54, 1.807) is 0 Å². The van der Waals surface area contributed by atoms with Crippen molar-refractivity contribution in [1.82, 2.24) is 4.90 Å². The highest BCUT2D eigenvalue weighted by Gasteiger charge is 2.25. The van der Waals surface area contributed by atoms with Crippen molar-refractivity contribution < 1.29 is 14.6 Å². The highest BCUT2D eigenvalue weighted by molar-refractivity contribution is 5.93. The average Bonchev–Trinajstić information content (AvgIpc) is 2.16. The first-order valence-corrected chi connectivity index (χ1v) is 3.75. The molecule has 4 heteroatoms. The minimum Gasteiger partial charge on any atom is -0.394 e. The van der Waals surface area contributed by atoms with Gasteiger partial charge in [0.25, 0.3) is 5.91 Å². The van der Waals surface area contributed by atoms with E-state index in [0.717, 1.165) is 0 Å². The molecule has 1 saturated heterocycles. The molecule has 0 radical (unpaired) electrons. The predicted molar refractivity (Wildman–Crippen MR) is 42.2 cm³/mol. The zero-order valence-corrected chi connectivity index (χ0v) is 6.69. The molecule has 0 spiro atoms. The molecule has 1 heterocycles. The first kappa shape index (κ1) is 9.04. The van der Waals surface area contributed by atoms with Crippen molar-refractivity contribution in [2.75, 3.05) is 26.4 Å². The van der Waals surface area contributed by atoms with Crippen LogP contribution in [0.25, 0.3) is 0 Å². The van der Waals surface area contributed by atoms with Crippen molar-refractivity contribution in [2.45, 2.75) is 6.04 Å². The number of amides is 1. The van der Waals surface area contributed by atoms with Gasteiger partial charge in [0.2, 0.25) is 0 Å². The molecule has 0 aromatic rings. The number of nitrogens with zero attached hydrogens (tertiary/aromatic N) is 1. The quantitative estimate of drug-likeness (QED) is 0.504. The first-order valence-electron chi connectivity index (χ1n) is 3.75. The van der Waals surface area contributed by atoms with Crippen molar-refractivity contribution in [3.8, 4) is 12.3 Å². The SMILES string of the molecule is C#CC(=O)N1CCOCC1CO. The molecule has 0 saturated carbocycles. The summed E-state index contributed by atoms with van der Waals surface area (Å²) in [6.45, 7) is 1.22. The number of morpholine rings is 1. The van der Waals surface area contributed by atoms with E-state index < -0.39 is 0 Å². The van der Waals surface area contributed by atoms with Gasteiger partial charge in [-0.3, -0.25) is 4.79 Å². The van der Waals surface area contributed by atoms with Crippen LogP contribution in [0.5, 0.6) is 0 Å². The zero-order valence-electron chi connectivity index (χ0n) is 6.69. The van der Waals surface area contributed by atoms with E-state index >= 15 is 0 Å². The Labute approximate surface area is 71.1 Å². The van der Waals surface area contributed by atoms with E-state index in [2.05, 4.69) is 0 Å². The van der Waals surface area contributed by atoms with Gasteiger partial charge in [-0.2, -0.15) is 0 Å². The van der Waals surface area contributed by atoms with Gasteiger partial charge in [-0.15, -0.1) is 6.42 Å². The number of carbonyl (C=O) groups is 1. The molecule has 0 bridgehead atoms. The summed E-state index contributed by atoms with van der Waals surface area (Å²) in [4.78, 5) is 12.5. The van der Waals surface area contributed by atoms with Crippen molar-refractivity contribution >= 4 is 5.91 Å². The van der Waals surface area contributed by atoms with Crippen LogP contribution in [0.2, 0.25) is 0 Å². The van der Waals surface area contributed by atoms with Gasteiger partial charge in [-0.1, -0.05) is 0 Å². The van der Waals surface area contributed by atoms with E-state index in [9.17, 15) is 4.79 Å². The Morgan fingerprint density at radius 2 is 2.58 bits per heavy atom. The fraction of sp³-hybridized carbons (Fsp3) is 0.625. The number of terminal acetylenes is 1. The van der Waals surface area contributed by atoms with Gasteiger partial charge in [-0.05, 0) is 5.92 Å². The summed E-state index contributed by atoms with van der Waals surface area (Å²) in [6.07, 6.45) is 4.96. The molecular formula is C8H11NO3. The molecule has 1 fully saturated rings.